The largest absolute Gasteiger partial charge is 0.455 e. The van der Waals surface area contributed by atoms with Gasteiger partial charge in [0.05, 0.1) is 11.8 Å². The number of hydrogen-bond donors (Lipinski definition) is 2. The lowest BCUT2D eigenvalue weighted by Crippen LogP contribution is -2.38. The van der Waals surface area contributed by atoms with Crippen molar-refractivity contribution in [3.63, 3.8) is 0 Å². The summed E-state index contributed by atoms with van der Waals surface area (Å²) in [7, 11) is 1.49. The zero-order chi connectivity index (χ0) is 20.0. The summed E-state index contributed by atoms with van der Waals surface area (Å²) in [5, 5.41) is 4.91. The van der Waals surface area contributed by atoms with Crippen molar-refractivity contribution < 1.29 is 32.3 Å². The van der Waals surface area contributed by atoms with Gasteiger partial charge in [0.1, 0.15) is 0 Å². The Labute approximate surface area is 154 Å². The van der Waals surface area contributed by atoms with E-state index in [0.29, 0.717) is 24.1 Å². The molecule has 27 heavy (non-hydrogen) atoms. The molecule has 2 atom stereocenters. The van der Waals surface area contributed by atoms with Crippen LogP contribution < -0.4 is 10.6 Å². The minimum Gasteiger partial charge on any atom is -0.455 e. The molecular weight excluding hydrogens is 365 g/mol. The normalized spacial score (nSPS) is 19.9. The van der Waals surface area contributed by atoms with Gasteiger partial charge in [-0.05, 0) is 37.1 Å². The smallest absolute Gasteiger partial charge is 0.392 e. The molecule has 6 nitrogen and oxygen atoms in total. The highest BCUT2D eigenvalue weighted by atomic mass is 19.4. The standard InChI is InChI=1S/C18H21F3N2O4/c1-22-16(25)11-6-8-12(9-7-11)23-15(24)10-27-17(26)13-4-2-3-5-14(13)18(19,20)21/h6-9,13-14H,2-5,10H2,1H3,(H,22,25)(H,23,24). The van der Waals surface area contributed by atoms with Gasteiger partial charge in [0.2, 0.25) is 0 Å². The summed E-state index contributed by atoms with van der Waals surface area (Å²) >= 11 is 0. The van der Waals surface area contributed by atoms with Crippen LogP contribution in [0.2, 0.25) is 0 Å². The maximum atomic E-state index is 13.0. The highest BCUT2D eigenvalue weighted by molar-refractivity contribution is 5.96. The van der Waals surface area contributed by atoms with Gasteiger partial charge in [-0.1, -0.05) is 12.8 Å². The van der Waals surface area contributed by atoms with Crippen LogP contribution in [0.3, 0.4) is 0 Å². The summed E-state index contributed by atoms with van der Waals surface area (Å²) < 4.78 is 43.9. The molecule has 0 aliphatic heterocycles. The minimum absolute atomic E-state index is 0.103. The zero-order valence-electron chi connectivity index (χ0n) is 14.8. The number of anilines is 1. The van der Waals surface area contributed by atoms with Crippen LogP contribution in [0.4, 0.5) is 18.9 Å². The number of alkyl halides is 3. The average molecular weight is 386 g/mol. The van der Waals surface area contributed by atoms with Crippen LogP contribution in [0.1, 0.15) is 36.0 Å². The number of carbonyl (C=O) groups is 3. The molecule has 0 radical (unpaired) electrons. The molecule has 0 aromatic heterocycles. The van der Waals surface area contributed by atoms with Crippen molar-refractivity contribution in [2.24, 2.45) is 11.8 Å². The van der Waals surface area contributed by atoms with Gasteiger partial charge in [0.15, 0.2) is 6.61 Å². The number of carbonyl (C=O) groups excluding carboxylic acids is 3. The first-order valence-corrected chi connectivity index (χ1v) is 8.57. The molecule has 2 rings (SSSR count). The second-order valence-electron chi connectivity index (χ2n) is 6.35. The Balaban J connectivity index is 1.87. The molecule has 148 valence electrons. The maximum absolute atomic E-state index is 13.0. The van der Waals surface area contributed by atoms with Crippen molar-refractivity contribution in [3.8, 4) is 0 Å². The fourth-order valence-electron chi connectivity index (χ4n) is 3.09. The van der Waals surface area contributed by atoms with Gasteiger partial charge in [0.25, 0.3) is 11.8 Å². The minimum atomic E-state index is -4.46. The second-order valence-corrected chi connectivity index (χ2v) is 6.35. The summed E-state index contributed by atoms with van der Waals surface area (Å²) in [6.07, 6.45) is -3.52. The van der Waals surface area contributed by atoms with E-state index in [1.807, 2.05) is 0 Å². The molecule has 2 N–H and O–H groups in total. The number of hydrogen-bond acceptors (Lipinski definition) is 4. The van der Waals surface area contributed by atoms with E-state index in [1.165, 1.54) is 31.3 Å². The number of benzene rings is 1. The first-order valence-electron chi connectivity index (χ1n) is 8.57. The van der Waals surface area contributed by atoms with Crippen molar-refractivity contribution in [2.75, 3.05) is 19.0 Å². The van der Waals surface area contributed by atoms with E-state index in [9.17, 15) is 27.6 Å². The van der Waals surface area contributed by atoms with Crippen molar-refractivity contribution in [1.82, 2.24) is 5.32 Å². The average Bonchev–Trinajstić information content (AvgIpc) is 2.65. The predicted octanol–water partition coefficient (Wildman–Crippen LogP) is 2.90. The number of esters is 1. The zero-order valence-corrected chi connectivity index (χ0v) is 14.8. The molecule has 0 spiro atoms. The van der Waals surface area contributed by atoms with Gasteiger partial charge in [0, 0.05) is 18.3 Å². The van der Waals surface area contributed by atoms with Gasteiger partial charge in [-0.25, -0.2) is 0 Å². The van der Waals surface area contributed by atoms with Gasteiger partial charge in [-0.2, -0.15) is 13.2 Å². The third-order valence-corrected chi connectivity index (χ3v) is 4.49. The SMILES string of the molecule is CNC(=O)c1ccc(NC(=O)COC(=O)C2CCCCC2C(F)(F)F)cc1. The van der Waals surface area contributed by atoms with Crippen LogP contribution in [0.15, 0.2) is 24.3 Å². The maximum Gasteiger partial charge on any atom is 0.392 e. The molecule has 0 saturated heterocycles. The Morgan fingerprint density at radius 3 is 2.33 bits per heavy atom. The highest BCUT2D eigenvalue weighted by Gasteiger charge is 2.48. The molecule has 0 heterocycles. The summed E-state index contributed by atoms with van der Waals surface area (Å²) in [6, 6.07) is 5.98. The van der Waals surface area contributed by atoms with E-state index in [1.54, 1.807) is 0 Å². The monoisotopic (exact) mass is 386 g/mol. The van der Waals surface area contributed by atoms with Gasteiger partial charge < -0.3 is 15.4 Å². The Morgan fingerprint density at radius 2 is 1.74 bits per heavy atom. The summed E-state index contributed by atoms with van der Waals surface area (Å²) in [6.45, 7) is -0.670. The third kappa shape index (κ3) is 5.70. The first-order chi connectivity index (χ1) is 12.7. The number of amides is 2. The van der Waals surface area contributed by atoms with Crippen molar-refractivity contribution in [2.45, 2.75) is 31.9 Å². The summed E-state index contributed by atoms with van der Waals surface area (Å²) in [5.41, 5.74) is 0.770. The Bertz CT molecular complexity index is 689. The number of nitrogens with one attached hydrogen (secondary N) is 2. The van der Waals surface area contributed by atoms with Gasteiger partial charge in [-0.3, -0.25) is 14.4 Å². The van der Waals surface area contributed by atoms with Crippen molar-refractivity contribution in [3.05, 3.63) is 29.8 Å². The number of rotatable bonds is 5. The second kappa shape index (κ2) is 8.88. The van der Waals surface area contributed by atoms with Crippen LogP contribution >= 0.6 is 0 Å². The van der Waals surface area contributed by atoms with E-state index in [4.69, 9.17) is 4.74 Å². The first kappa shape index (κ1) is 20.7. The van der Waals surface area contributed by atoms with Gasteiger partial charge in [-0.15, -0.1) is 0 Å². The molecule has 9 heteroatoms. The van der Waals surface area contributed by atoms with E-state index in [0.717, 1.165) is 0 Å². The topological polar surface area (TPSA) is 84.5 Å². The fourth-order valence-corrected chi connectivity index (χ4v) is 3.09. The Morgan fingerprint density at radius 1 is 1.11 bits per heavy atom. The molecule has 2 amide bonds. The Hall–Kier alpha value is -2.58. The molecule has 1 fully saturated rings. The van der Waals surface area contributed by atoms with Crippen molar-refractivity contribution >= 4 is 23.5 Å². The molecule has 1 aliphatic carbocycles. The highest BCUT2D eigenvalue weighted by Crippen LogP contribution is 2.41. The van der Waals surface area contributed by atoms with Crippen LogP contribution in [0, 0.1) is 11.8 Å². The molecule has 1 aromatic carbocycles. The van der Waals surface area contributed by atoms with Crippen LogP contribution in [-0.2, 0) is 14.3 Å². The Kier molecular flexibility index (Phi) is 6.81. The van der Waals surface area contributed by atoms with Crippen LogP contribution in [0.25, 0.3) is 0 Å². The fraction of sp³-hybridized carbons (Fsp3) is 0.500. The molecule has 1 saturated carbocycles. The van der Waals surface area contributed by atoms with Crippen LogP contribution in [0.5, 0.6) is 0 Å². The van der Waals surface area contributed by atoms with E-state index >= 15 is 0 Å². The van der Waals surface area contributed by atoms with Crippen molar-refractivity contribution in [1.29, 1.82) is 0 Å². The molecule has 0 bridgehead atoms. The number of halogens is 3. The number of ether oxygens (including phenoxy) is 1. The third-order valence-electron chi connectivity index (χ3n) is 4.49. The molecular formula is C18H21F3N2O4. The molecule has 1 aliphatic rings. The lowest BCUT2D eigenvalue weighted by molar-refractivity contribution is -0.204. The lowest BCUT2D eigenvalue weighted by Gasteiger charge is -2.31. The predicted molar refractivity (Wildman–Crippen MR) is 90.9 cm³/mol. The summed E-state index contributed by atoms with van der Waals surface area (Å²) in [5.74, 6) is -4.94. The van der Waals surface area contributed by atoms with Crippen LogP contribution in [-0.4, -0.2) is 37.6 Å². The molecule has 2 unspecified atom stereocenters. The van der Waals surface area contributed by atoms with E-state index in [2.05, 4.69) is 10.6 Å². The lowest BCUT2D eigenvalue weighted by atomic mass is 9.79. The summed E-state index contributed by atoms with van der Waals surface area (Å²) in [4.78, 5) is 35.3. The molecule has 1 aromatic rings. The van der Waals surface area contributed by atoms with Gasteiger partial charge >= 0.3 is 12.1 Å². The van der Waals surface area contributed by atoms with E-state index in [-0.39, 0.29) is 18.7 Å². The quantitative estimate of drug-likeness (QED) is 0.762. The van der Waals surface area contributed by atoms with E-state index < -0.39 is 36.5 Å².